The Morgan fingerprint density at radius 1 is 1.29 bits per heavy atom. The minimum atomic E-state index is 0.142. The number of nitrogen functional groups attached to an aromatic ring is 1. The molecule has 0 spiro atoms. The highest BCUT2D eigenvalue weighted by Gasteiger charge is 2.12. The number of ether oxygens (including phenoxy) is 1. The van der Waals surface area contributed by atoms with Crippen molar-refractivity contribution >= 4 is 22.7 Å². The van der Waals surface area contributed by atoms with Gasteiger partial charge in [-0.15, -0.1) is 11.3 Å². The van der Waals surface area contributed by atoms with E-state index >= 15 is 0 Å². The Labute approximate surface area is 131 Å². The summed E-state index contributed by atoms with van der Waals surface area (Å²) in [6, 6.07) is 10.4. The van der Waals surface area contributed by atoms with Crippen molar-refractivity contribution in [2.24, 2.45) is 0 Å². The van der Waals surface area contributed by atoms with E-state index in [0.717, 1.165) is 30.0 Å². The molecule has 0 saturated heterocycles. The van der Waals surface area contributed by atoms with E-state index < -0.39 is 0 Å². The fourth-order valence-electron chi connectivity index (χ4n) is 2.31. The lowest BCUT2D eigenvalue weighted by Crippen LogP contribution is -2.10. The molecule has 1 unspecified atom stereocenters. The fourth-order valence-corrected chi connectivity index (χ4v) is 3.12. The summed E-state index contributed by atoms with van der Waals surface area (Å²) in [6.07, 6.45) is 2.37. The lowest BCUT2D eigenvalue weighted by atomic mass is 10.1. The first-order chi connectivity index (χ1) is 10.1. The van der Waals surface area contributed by atoms with Gasteiger partial charge in [0, 0.05) is 28.4 Å². The second-order valence-corrected chi connectivity index (χ2v) is 6.44. The van der Waals surface area contributed by atoms with E-state index in [9.17, 15) is 0 Å². The molecule has 0 amide bonds. The van der Waals surface area contributed by atoms with Crippen molar-refractivity contribution in [3.63, 3.8) is 0 Å². The lowest BCUT2D eigenvalue weighted by Gasteiger charge is -2.20. The molecular weight excluding hydrogens is 280 g/mol. The standard InChI is InChI=1S/C17H24N2OS/c1-4-6-16(17-7-5-8-21-17)19-14-9-13(18)10-15(11-14)20-12(2)3/h5,7-12,16,19H,4,6,18H2,1-3H3. The number of hydrogen-bond donors (Lipinski definition) is 2. The Morgan fingerprint density at radius 3 is 2.71 bits per heavy atom. The van der Waals surface area contributed by atoms with E-state index in [-0.39, 0.29) is 6.10 Å². The molecule has 1 aromatic carbocycles. The molecule has 0 aliphatic heterocycles. The molecule has 3 nitrogen and oxygen atoms in total. The molecule has 0 saturated carbocycles. The summed E-state index contributed by atoms with van der Waals surface area (Å²) in [5, 5.41) is 5.70. The normalized spacial score (nSPS) is 12.4. The number of benzene rings is 1. The number of nitrogens with one attached hydrogen (secondary N) is 1. The maximum atomic E-state index is 5.99. The van der Waals surface area contributed by atoms with Crippen LogP contribution in [0.25, 0.3) is 0 Å². The number of rotatable bonds is 7. The van der Waals surface area contributed by atoms with Crippen LogP contribution in [0.3, 0.4) is 0 Å². The number of thiophene rings is 1. The predicted octanol–water partition coefficient (Wildman–Crippen LogP) is 5.07. The summed E-state index contributed by atoms with van der Waals surface area (Å²) < 4.78 is 5.75. The second-order valence-electron chi connectivity index (χ2n) is 5.46. The third-order valence-electron chi connectivity index (χ3n) is 3.11. The molecule has 4 heteroatoms. The molecule has 0 aliphatic rings. The first-order valence-electron chi connectivity index (χ1n) is 7.45. The third-order valence-corrected chi connectivity index (χ3v) is 4.09. The SMILES string of the molecule is CCCC(Nc1cc(N)cc(OC(C)C)c1)c1cccs1. The zero-order valence-corrected chi connectivity index (χ0v) is 13.7. The van der Waals surface area contributed by atoms with Crippen molar-refractivity contribution < 1.29 is 4.74 Å². The minimum absolute atomic E-state index is 0.142. The topological polar surface area (TPSA) is 47.3 Å². The Morgan fingerprint density at radius 2 is 2.10 bits per heavy atom. The van der Waals surface area contributed by atoms with Gasteiger partial charge in [0.25, 0.3) is 0 Å². The van der Waals surface area contributed by atoms with Gasteiger partial charge in [0.1, 0.15) is 5.75 Å². The van der Waals surface area contributed by atoms with Gasteiger partial charge in [-0.25, -0.2) is 0 Å². The lowest BCUT2D eigenvalue weighted by molar-refractivity contribution is 0.242. The van der Waals surface area contributed by atoms with Crippen molar-refractivity contribution in [2.45, 2.75) is 45.8 Å². The first kappa shape index (κ1) is 15.7. The van der Waals surface area contributed by atoms with E-state index in [4.69, 9.17) is 10.5 Å². The van der Waals surface area contributed by atoms with Gasteiger partial charge in [-0.2, -0.15) is 0 Å². The fraction of sp³-hybridized carbons (Fsp3) is 0.412. The van der Waals surface area contributed by atoms with Crippen molar-refractivity contribution in [1.82, 2.24) is 0 Å². The van der Waals surface area contributed by atoms with Crippen LogP contribution in [0.15, 0.2) is 35.7 Å². The molecule has 3 N–H and O–H groups in total. The zero-order chi connectivity index (χ0) is 15.2. The van der Waals surface area contributed by atoms with Crippen LogP contribution in [0.5, 0.6) is 5.75 Å². The van der Waals surface area contributed by atoms with Gasteiger partial charge in [0.2, 0.25) is 0 Å². The summed E-state index contributed by atoms with van der Waals surface area (Å²) in [5.74, 6) is 0.814. The molecule has 21 heavy (non-hydrogen) atoms. The predicted molar refractivity (Wildman–Crippen MR) is 92.2 cm³/mol. The highest BCUT2D eigenvalue weighted by molar-refractivity contribution is 7.10. The molecule has 2 rings (SSSR count). The molecule has 1 atom stereocenters. The minimum Gasteiger partial charge on any atom is -0.491 e. The molecule has 1 aromatic heterocycles. The molecule has 0 aliphatic carbocycles. The molecule has 0 fully saturated rings. The van der Waals surface area contributed by atoms with Crippen LogP contribution in [-0.2, 0) is 0 Å². The molecule has 0 bridgehead atoms. The van der Waals surface area contributed by atoms with Crippen molar-refractivity contribution in [3.05, 3.63) is 40.6 Å². The summed E-state index contributed by atoms with van der Waals surface area (Å²) in [4.78, 5) is 1.35. The quantitative estimate of drug-likeness (QED) is 0.702. The average Bonchev–Trinajstić information content (AvgIpc) is 2.90. The Bertz CT molecular complexity index is 552. The Hall–Kier alpha value is -1.68. The van der Waals surface area contributed by atoms with Gasteiger partial charge >= 0.3 is 0 Å². The highest BCUT2D eigenvalue weighted by atomic mass is 32.1. The summed E-state index contributed by atoms with van der Waals surface area (Å²) in [7, 11) is 0. The first-order valence-corrected chi connectivity index (χ1v) is 8.33. The molecule has 0 radical (unpaired) electrons. The highest BCUT2D eigenvalue weighted by Crippen LogP contribution is 2.30. The van der Waals surface area contributed by atoms with Gasteiger partial charge in [-0.3, -0.25) is 0 Å². The van der Waals surface area contributed by atoms with E-state index in [0.29, 0.717) is 6.04 Å². The molecule has 114 valence electrons. The van der Waals surface area contributed by atoms with E-state index in [2.05, 4.69) is 29.8 Å². The van der Waals surface area contributed by atoms with Gasteiger partial charge in [-0.1, -0.05) is 19.4 Å². The van der Waals surface area contributed by atoms with Gasteiger partial charge in [0.15, 0.2) is 0 Å². The van der Waals surface area contributed by atoms with E-state index in [1.807, 2.05) is 32.0 Å². The maximum absolute atomic E-state index is 5.99. The largest absolute Gasteiger partial charge is 0.491 e. The van der Waals surface area contributed by atoms with Crippen LogP contribution in [0.1, 0.15) is 44.5 Å². The van der Waals surface area contributed by atoms with Gasteiger partial charge in [0.05, 0.1) is 12.1 Å². The van der Waals surface area contributed by atoms with Crippen LogP contribution in [-0.4, -0.2) is 6.10 Å². The summed E-state index contributed by atoms with van der Waals surface area (Å²) in [5.41, 5.74) is 7.72. The second kappa shape index (κ2) is 7.36. The van der Waals surface area contributed by atoms with Gasteiger partial charge in [-0.05, 0) is 37.8 Å². The molecular formula is C17H24N2OS. The third kappa shape index (κ3) is 4.67. The van der Waals surface area contributed by atoms with Crippen LogP contribution in [0.4, 0.5) is 11.4 Å². The van der Waals surface area contributed by atoms with Crippen molar-refractivity contribution in [1.29, 1.82) is 0 Å². The summed E-state index contributed by atoms with van der Waals surface area (Å²) in [6.45, 7) is 6.23. The van der Waals surface area contributed by atoms with Crippen molar-refractivity contribution in [2.75, 3.05) is 11.1 Å². The van der Waals surface area contributed by atoms with Crippen LogP contribution >= 0.6 is 11.3 Å². The zero-order valence-electron chi connectivity index (χ0n) is 12.9. The Balaban J connectivity index is 2.18. The molecule has 1 heterocycles. The summed E-state index contributed by atoms with van der Waals surface area (Å²) >= 11 is 1.78. The van der Waals surface area contributed by atoms with Gasteiger partial charge < -0.3 is 15.8 Å². The number of anilines is 2. The average molecular weight is 304 g/mol. The van der Waals surface area contributed by atoms with Crippen LogP contribution in [0.2, 0.25) is 0 Å². The smallest absolute Gasteiger partial charge is 0.123 e. The monoisotopic (exact) mass is 304 g/mol. The number of hydrogen-bond acceptors (Lipinski definition) is 4. The van der Waals surface area contributed by atoms with Crippen molar-refractivity contribution in [3.8, 4) is 5.75 Å². The Kier molecular flexibility index (Phi) is 5.51. The number of nitrogens with two attached hydrogens (primary N) is 1. The van der Waals surface area contributed by atoms with Crippen LogP contribution in [0, 0.1) is 0 Å². The maximum Gasteiger partial charge on any atom is 0.123 e. The van der Waals surface area contributed by atoms with E-state index in [1.165, 1.54) is 4.88 Å². The molecule has 2 aromatic rings. The van der Waals surface area contributed by atoms with E-state index in [1.54, 1.807) is 11.3 Å². The van der Waals surface area contributed by atoms with Crippen LogP contribution < -0.4 is 15.8 Å².